The van der Waals surface area contributed by atoms with E-state index in [-0.39, 0.29) is 38.0 Å². The molecule has 0 aliphatic carbocycles. The molecule has 73 heavy (non-hydrogen) atoms. The molecule has 0 bridgehead atoms. The van der Waals surface area contributed by atoms with Crippen molar-refractivity contribution in [1.82, 2.24) is 52.5 Å². The zero-order valence-electron chi connectivity index (χ0n) is 39.7. The molecular formula is C43H64N14O16. The Morgan fingerprint density at radius 3 is 1.68 bits per heavy atom. The quantitative estimate of drug-likeness (QED) is 0.0290. The Balaban J connectivity index is 2.21. The van der Waals surface area contributed by atoms with Crippen LogP contribution in [0.5, 0.6) is 5.75 Å². The molecule has 2 aromatic rings. The number of hydrogen-bond donors (Lipinski definition) is 17. The van der Waals surface area contributed by atoms with Crippen molar-refractivity contribution in [3.63, 3.8) is 0 Å². The fourth-order valence-corrected chi connectivity index (χ4v) is 6.57. The number of carbonyl (C=O) groups is 12. The SMILES string of the molecule is C[C@H](NC(=O)CNC(=O)[C@H](CO)NC(=O)[C@@H](N)Cc1cnc[nH]1)C(=O)N[C@@H](CCC(N)=O)C(=O)N[C@@H](CCC(=O)O)C(=O)N[C@@H](CCCCN)C(=O)N[C@@H](CC(N)=O)C(=O)N[C@@H](Cc1ccc(O)cc1)C(=O)O. The minimum absolute atomic E-state index is 0.0233. The summed E-state index contributed by atoms with van der Waals surface area (Å²) in [5.74, 6) is -13.4. The lowest BCUT2D eigenvalue weighted by atomic mass is 10.0. The summed E-state index contributed by atoms with van der Waals surface area (Å²) >= 11 is 0. The molecule has 1 aromatic carbocycles. The van der Waals surface area contributed by atoms with Crippen molar-refractivity contribution in [3.8, 4) is 5.75 Å². The maximum Gasteiger partial charge on any atom is 0.326 e. The van der Waals surface area contributed by atoms with Crippen molar-refractivity contribution in [2.75, 3.05) is 19.7 Å². The lowest BCUT2D eigenvalue weighted by Crippen LogP contribution is -2.60. The number of phenols is 1. The van der Waals surface area contributed by atoms with E-state index in [1.807, 2.05) is 0 Å². The molecule has 0 radical (unpaired) electrons. The standard InChI is InChI=1S/C43H64N14O16/c1-21(51-34(62)18-49-38(67)31(19-58)57-37(66)25(45)15-23-17-48-20-50-23)36(65)52-27(9-11-32(46)60)40(69)54-28(10-12-35(63)64)41(70)53-26(4-2-3-13-44)39(68)55-29(16-33(47)61)42(71)56-30(43(72)73)14-22-5-7-24(59)8-6-22/h5-8,17,20-21,25-31,58-59H,2-4,9-16,18-19,44-45H2,1H3,(H2,46,60)(H2,47,61)(H,48,50)(H,49,67)(H,51,62)(H,52,65)(H,53,70)(H,54,69)(H,55,68)(H,56,71)(H,57,66)(H,63,64)(H,72,73)/t21-,25-,26-,27-,28-,29-,30-,31-/m0/s1. The number of nitrogens with one attached hydrogen (secondary N) is 9. The molecule has 1 heterocycles. The summed E-state index contributed by atoms with van der Waals surface area (Å²) in [6.07, 6.45) is -0.329. The highest BCUT2D eigenvalue weighted by Gasteiger charge is 2.34. The van der Waals surface area contributed by atoms with Crippen LogP contribution in [0.4, 0.5) is 0 Å². The van der Waals surface area contributed by atoms with Gasteiger partial charge in [0.2, 0.25) is 59.1 Å². The number of imidazole rings is 1. The van der Waals surface area contributed by atoms with Gasteiger partial charge in [0.1, 0.15) is 48.0 Å². The second-order valence-electron chi connectivity index (χ2n) is 16.5. The van der Waals surface area contributed by atoms with Crippen LogP contribution in [-0.2, 0) is 70.4 Å². The first-order chi connectivity index (χ1) is 34.4. The van der Waals surface area contributed by atoms with Crippen LogP contribution < -0.4 is 65.5 Å². The van der Waals surface area contributed by atoms with Gasteiger partial charge in [0.05, 0.1) is 31.9 Å². The van der Waals surface area contributed by atoms with Crippen LogP contribution in [0.3, 0.4) is 0 Å². The van der Waals surface area contributed by atoms with Crippen molar-refractivity contribution in [2.24, 2.45) is 22.9 Å². The molecule has 402 valence electrons. The number of carboxylic acids is 2. The van der Waals surface area contributed by atoms with Gasteiger partial charge >= 0.3 is 11.9 Å². The first kappa shape index (κ1) is 60.9. The number of nitrogens with two attached hydrogens (primary N) is 4. The molecule has 2 rings (SSSR count). The number of carbonyl (C=O) groups excluding carboxylic acids is 10. The van der Waals surface area contributed by atoms with Crippen molar-refractivity contribution >= 4 is 71.0 Å². The molecule has 8 atom stereocenters. The second-order valence-corrected chi connectivity index (χ2v) is 16.5. The maximum atomic E-state index is 13.9. The molecule has 0 fully saturated rings. The zero-order chi connectivity index (χ0) is 54.8. The van der Waals surface area contributed by atoms with E-state index in [2.05, 4.69) is 52.5 Å². The first-order valence-corrected chi connectivity index (χ1v) is 22.7. The Kier molecular flexibility index (Phi) is 26.0. The topological polar surface area (TPSA) is 515 Å². The van der Waals surface area contributed by atoms with Crippen LogP contribution in [0.25, 0.3) is 0 Å². The summed E-state index contributed by atoms with van der Waals surface area (Å²) in [5.41, 5.74) is 23.0. The molecule has 30 nitrogen and oxygen atoms in total. The number of aromatic nitrogens is 2. The second kappa shape index (κ2) is 31.2. The number of aliphatic hydroxyl groups excluding tert-OH is 1. The Morgan fingerprint density at radius 2 is 1.16 bits per heavy atom. The summed E-state index contributed by atoms with van der Waals surface area (Å²) in [5, 5.41) is 56.7. The van der Waals surface area contributed by atoms with Gasteiger partial charge < -0.3 is 90.9 Å². The normalized spacial score (nSPS) is 14.1. The molecule has 0 saturated heterocycles. The number of carboxylic acid groups (broad SMARTS) is 2. The Labute approximate surface area is 416 Å². The molecule has 0 aliphatic heterocycles. The molecule has 0 aliphatic rings. The number of phenolic OH excluding ortho intramolecular Hbond substituents is 1. The summed E-state index contributed by atoms with van der Waals surface area (Å²) in [4.78, 5) is 160. The summed E-state index contributed by atoms with van der Waals surface area (Å²) in [6, 6.07) is -7.11. The van der Waals surface area contributed by atoms with Crippen LogP contribution in [0.1, 0.15) is 69.5 Å². The molecule has 0 spiro atoms. The summed E-state index contributed by atoms with van der Waals surface area (Å²) in [7, 11) is 0. The number of primary amides is 2. The van der Waals surface area contributed by atoms with E-state index >= 15 is 0 Å². The number of hydrogen-bond acceptors (Lipinski definition) is 17. The third-order valence-corrected chi connectivity index (χ3v) is 10.5. The van der Waals surface area contributed by atoms with E-state index in [4.69, 9.17) is 22.9 Å². The molecule has 21 N–H and O–H groups in total. The molecule has 0 unspecified atom stereocenters. The van der Waals surface area contributed by atoms with Crippen LogP contribution in [-0.4, -0.2) is 169 Å². The van der Waals surface area contributed by atoms with Gasteiger partial charge in [-0.05, 0) is 63.3 Å². The third-order valence-electron chi connectivity index (χ3n) is 10.5. The molecule has 1 aromatic heterocycles. The molecule has 0 saturated carbocycles. The van der Waals surface area contributed by atoms with Crippen LogP contribution in [0, 0.1) is 0 Å². The number of aliphatic hydroxyl groups is 1. The monoisotopic (exact) mass is 1030 g/mol. The van der Waals surface area contributed by atoms with Gasteiger partial charge in [-0.2, -0.15) is 0 Å². The fraction of sp³-hybridized carbons (Fsp3) is 0.512. The van der Waals surface area contributed by atoms with Crippen molar-refractivity contribution in [3.05, 3.63) is 48.0 Å². The average Bonchev–Trinajstić information content (AvgIpc) is 3.84. The van der Waals surface area contributed by atoms with Crippen LogP contribution in [0.2, 0.25) is 0 Å². The highest BCUT2D eigenvalue weighted by molar-refractivity contribution is 5.98. The molecule has 10 amide bonds. The highest BCUT2D eigenvalue weighted by Crippen LogP contribution is 2.13. The van der Waals surface area contributed by atoms with E-state index in [9.17, 15) is 78.0 Å². The number of aromatic hydroxyl groups is 1. The van der Waals surface area contributed by atoms with Gasteiger partial charge in [-0.1, -0.05) is 12.1 Å². The number of unbranched alkanes of at least 4 members (excludes halogenated alkanes) is 1. The van der Waals surface area contributed by atoms with Crippen LogP contribution >= 0.6 is 0 Å². The van der Waals surface area contributed by atoms with Gasteiger partial charge in [0.15, 0.2) is 0 Å². The number of aliphatic carboxylic acids is 2. The van der Waals surface area contributed by atoms with E-state index in [1.165, 1.54) is 43.7 Å². The number of aromatic amines is 1. The highest BCUT2D eigenvalue weighted by atomic mass is 16.4. The summed E-state index contributed by atoms with van der Waals surface area (Å²) in [6.45, 7) is -0.339. The minimum Gasteiger partial charge on any atom is -0.508 e. The third kappa shape index (κ3) is 23.0. The number of benzene rings is 1. The lowest BCUT2D eigenvalue weighted by Gasteiger charge is -2.27. The van der Waals surface area contributed by atoms with Crippen LogP contribution in [0.15, 0.2) is 36.8 Å². The van der Waals surface area contributed by atoms with Crippen molar-refractivity contribution in [2.45, 2.75) is 119 Å². The average molecular weight is 1030 g/mol. The Hall–Kier alpha value is -8.25. The Bertz CT molecular complexity index is 2250. The van der Waals surface area contributed by atoms with Gasteiger partial charge in [-0.25, -0.2) is 9.78 Å². The number of nitrogens with zero attached hydrogens (tertiary/aromatic N) is 1. The van der Waals surface area contributed by atoms with Gasteiger partial charge in [0.25, 0.3) is 0 Å². The Morgan fingerprint density at radius 1 is 0.630 bits per heavy atom. The van der Waals surface area contributed by atoms with Crippen molar-refractivity contribution in [1.29, 1.82) is 0 Å². The molecule has 30 heteroatoms. The van der Waals surface area contributed by atoms with E-state index in [0.29, 0.717) is 17.7 Å². The minimum atomic E-state index is -1.79. The zero-order valence-corrected chi connectivity index (χ0v) is 39.7. The van der Waals surface area contributed by atoms with E-state index in [0.717, 1.165) is 0 Å². The van der Waals surface area contributed by atoms with E-state index in [1.54, 1.807) is 0 Å². The predicted octanol–water partition coefficient (Wildman–Crippen LogP) is -7.03. The predicted molar refractivity (Wildman–Crippen MR) is 251 cm³/mol. The lowest BCUT2D eigenvalue weighted by molar-refractivity contribution is -0.142. The van der Waals surface area contributed by atoms with E-state index < -0.39 is 165 Å². The number of rotatable bonds is 34. The molecular weight excluding hydrogens is 969 g/mol. The smallest absolute Gasteiger partial charge is 0.326 e. The number of H-pyrrole nitrogens is 1. The van der Waals surface area contributed by atoms with Gasteiger partial charge in [-0.15, -0.1) is 0 Å². The number of amides is 10. The van der Waals surface area contributed by atoms with Gasteiger partial charge in [-0.3, -0.25) is 52.7 Å². The fourth-order valence-electron chi connectivity index (χ4n) is 6.57. The maximum absolute atomic E-state index is 13.9. The summed E-state index contributed by atoms with van der Waals surface area (Å²) < 4.78 is 0. The van der Waals surface area contributed by atoms with Crippen molar-refractivity contribution < 1.29 is 78.0 Å². The first-order valence-electron chi connectivity index (χ1n) is 22.7. The van der Waals surface area contributed by atoms with Gasteiger partial charge in [0, 0.05) is 37.6 Å². The largest absolute Gasteiger partial charge is 0.508 e.